The molecule has 2 atom stereocenters. The van der Waals surface area contributed by atoms with Gasteiger partial charge in [-0.25, -0.2) is 0 Å². The Kier molecular flexibility index (Phi) is 18.7. The van der Waals surface area contributed by atoms with Crippen molar-refractivity contribution in [1.29, 1.82) is 0 Å². The molecule has 0 aromatic heterocycles. The summed E-state index contributed by atoms with van der Waals surface area (Å²) < 4.78 is 0. The van der Waals surface area contributed by atoms with Crippen LogP contribution in [-0.4, -0.2) is 52.5 Å². The van der Waals surface area contributed by atoms with E-state index in [1.54, 1.807) is 6.92 Å². The first-order valence-electron chi connectivity index (χ1n) is 9.01. The Morgan fingerprint density at radius 1 is 0.870 bits per heavy atom. The van der Waals surface area contributed by atoms with E-state index >= 15 is 0 Å². The van der Waals surface area contributed by atoms with Crippen LogP contribution in [0.1, 0.15) is 90.9 Å². The summed E-state index contributed by atoms with van der Waals surface area (Å²) >= 11 is 0. The number of nitrogens with two attached hydrogens (primary N) is 1. The molecule has 0 aliphatic rings. The molecule has 0 spiro atoms. The number of carboxylic acid groups (broad SMARTS) is 1. The standard InChI is InChI=1S/C18H35NO3.Na.H/c1-3-4-5-6-7-8-9-10-11-12-13-14-16(20)15(2)17(19)18(21)22;;/h15,17H,3-14,19H2,1-2H3,(H,21,22);;/t15?,17-;;/m0../s1. The average Bonchev–Trinajstić information content (AvgIpc) is 2.50. The van der Waals surface area contributed by atoms with Crippen molar-refractivity contribution in [1.82, 2.24) is 0 Å². The predicted molar refractivity (Wildman–Crippen MR) is 98.0 cm³/mol. The van der Waals surface area contributed by atoms with E-state index < -0.39 is 17.9 Å². The Balaban J connectivity index is 0. The normalized spacial score (nSPS) is 13.2. The number of hydrogen-bond acceptors (Lipinski definition) is 3. The molecule has 0 aromatic rings. The third kappa shape index (κ3) is 14.2. The molecule has 0 rings (SSSR count). The summed E-state index contributed by atoms with van der Waals surface area (Å²) in [5, 5.41) is 8.78. The number of rotatable bonds is 15. The molecule has 0 fully saturated rings. The number of unbranched alkanes of at least 4 members (excludes halogenated alkanes) is 10. The van der Waals surface area contributed by atoms with Crippen molar-refractivity contribution < 1.29 is 14.7 Å². The van der Waals surface area contributed by atoms with Crippen LogP contribution in [0.5, 0.6) is 0 Å². The van der Waals surface area contributed by atoms with Crippen molar-refractivity contribution in [2.24, 2.45) is 11.7 Å². The maximum absolute atomic E-state index is 11.8. The molecule has 1 unspecified atom stereocenters. The van der Waals surface area contributed by atoms with Crippen molar-refractivity contribution in [3.8, 4) is 0 Å². The SMILES string of the molecule is CCCCCCCCCCCCCC(=O)C(C)[C@H](N)C(=O)O.[NaH]. The molecule has 0 aliphatic heterocycles. The van der Waals surface area contributed by atoms with Gasteiger partial charge in [0.2, 0.25) is 0 Å². The topological polar surface area (TPSA) is 80.4 Å². The summed E-state index contributed by atoms with van der Waals surface area (Å²) in [6.07, 6.45) is 14.1. The van der Waals surface area contributed by atoms with E-state index in [1.165, 1.54) is 57.8 Å². The molecule has 0 saturated heterocycles. The van der Waals surface area contributed by atoms with E-state index in [-0.39, 0.29) is 35.3 Å². The predicted octanol–water partition coefficient (Wildman–Crippen LogP) is 3.66. The second-order valence-electron chi connectivity index (χ2n) is 6.40. The number of aliphatic carboxylic acids is 1. The third-order valence-electron chi connectivity index (χ3n) is 4.36. The first-order valence-corrected chi connectivity index (χ1v) is 9.01. The van der Waals surface area contributed by atoms with Gasteiger partial charge in [-0.15, -0.1) is 0 Å². The average molecular weight is 337 g/mol. The minimum atomic E-state index is -1.10. The van der Waals surface area contributed by atoms with Gasteiger partial charge < -0.3 is 10.8 Å². The van der Waals surface area contributed by atoms with E-state index in [9.17, 15) is 9.59 Å². The number of carbonyl (C=O) groups excluding carboxylic acids is 1. The molecule has 0 radical (unpaired) electrons. The Hall–Kier alpha value is 0.100. The zero-order valence-corrected chi connectivity index (χ0v) is 14.5. The van der Waals surface area contributed by atoms with Crippen molar-refractivity contribution in [2.45, 2.75) is 96.9 Å². The summed E-state index contributed by atoms with van der Waals surface area (Å²) in [5.41, 5.74) is 5.47. The van der Waals surface area contributed by atoms with Gasteiger partial charge in [0.1, 0.15) is 11.8 Å². The van der Waals surface area contributed by atoms with Crippen LogP contribution in [0, 0.1) is 5.92 Å². The van der Waals surface area contributed by atoms with E-state index in [4.69, 9.17) is 10.8 Å². The number of ketones is 1. The molecule has 132 valence electrons. The van der Waals surface area contributed by atoms with Gasteiger partial charge in [0, 0.05) is 12.3 Å². The number of hydrogen-bond donors (Lipinski definition) is 2. The Labute approximate surface area is 164 Å². The van der Waals surface area contributed by atoms with Crippen LogP contribution in [0.4, 0.5) is 0 Å². The fourth-order valence-electron chi connectivity index (χ4n) is 2.61. The molecule has 0 heterocycles. The van der Waals surface area contributed by atoms with Gasteiger partial charge in [0.15, 0.2) is 0 Å². The molecule has 23 heavy (non-hydrogen) atoms. The summed E-state index contributed by atoms with van der Waals surface area (Å²) in [7, 11) is 0. The zero-order chi connectivity index (χ0) is 16.8. The molecule has 0 aliphatic carbocycles. The molecule has 4 nitrogen and oxygen atoms in total. The molecule has 0 saturated carbocycles. The first-order chi connectivity index (χ1) is 10.5. The fraction of sp³-hybridized carbons (Fsp3) is 0.889. The van der Waals surface area contributed by atoms with Gasteiger partial charge in [0.25, 0.3) is 0 Å². The van der Waals surface area contributed by atoms with Crippen LogP contribution in [0.3, 0.4) is 0 Å². The van der Waals surface area contributed by atoms with Crippen molar-refractivity contribution >= 4 is 41.3 Å². The molecule has 3 N–H and O–H groups in total. The Morgan fingerprint density at radius 3 is 1.65 bits per heavy atom. The summed E-state index contributed by atoms with van der Waals surface area (Å²) in [6.45, 7) is 3.85. The number of carbonyl (C=O) groups is 2. The molecule has 0 amide bonds. The first kappa shape index (κ1) is 25.3. The van der Waals surface area contributed by atoms with E-state index in [0.717, 1.165) is 12.8 Å². The van der Waals surface area contributed by atoms with Crippen molar-refractivity contribution in [3.05, 3.63) is 0 Å². The Morgan fingerprint density at radius 2 is 1.26 bits per heavy atom. The second kappa shape index (κ2) is 16.9. The van der Waals surface area contributed by atoms with Crippen LogP contribution < -0.4 is 5.73 Å². The summed E-state index contributed by atoms with van der Waals surface area (Å²) in [4.78, 5) is 22.5. The second-order valence-corrected chi connectivity index (χ2v) is 6.40. The number of Topliss-reactive ketones (excluding diaryl/α,β-unsaturated/α-hetero) is 1. The van der Waals surface area contributed by atoms with Crippen LogP contribution in [0.15, 0.2) is 0 Å². The van der Waals surface area contributed by atoms with E-state index in [0.29, 0.717) is 6.42 Å². The van der Waals surface area contributed by atoms with Crippen LogP contribution in [0.2, 0.25) is 0 Å². The third-order valence-corrected chi connectivity index (χ3v) is 4.36. The van der Waals surface area contributed by atoms with Crippen LogP contribution >= 0.6 is 0 Å². The molecule has 5 heteroatoms. The van der Waals surface area contributed by atoms with Gasteiger partial charge in [-0.05, 0) is 6.42 Å². The van der Waals surface area contributed by atoms with Crippen molar-refractivity contribution in [2.75, 3.05) is 0 Å². The van der Waals surface area contributed by atoms with Crippen LogP contribution in [-0.2, 0) is 9.59 Å². The monoisotopic (exact) mass is 337 g/mol. The van der Waals surface area contributed by atoms with Gasteiger partial charge in [0.05, 0.1) is 0 Å². The van der Waals surface area contributed by atoms with Gasteiger partial charge in [-0.3, -0.25) is 9.59 Å². The van der Waals surface area contributed by atoms with E-state index in [1.807, 2.05) is 0 Å². The summed E-state index contributed by atoms with van der Waals surface area (Å²) in [5.74, 6) is -1.70. The minimum absolute atomic E-state index is 0. The van der Waals surface area contributed by atoms with Crippen molar-refractivity contribution in [3.63, 3.8) is 0 Å². The quantitative estimate of drug-likeness (QED) is 0.353. The Bertz CT molecular complexity index is 311. The fourth-order valence-corrected chi connectivity index (χ4v) is 2.61. The zero-order valence-electron chi connectivity index (χ0n) is 14.5. The van der Waals surface area contributed by atoms with Gasteiger partial charge in [-0.1, -0.05) is 78.1 Å². The number of carboxylic acids is 1. The van der Waals surface area contributed by atoms with Gasteiger partial charge in [-0.2, -0.15) is 0 Å². The van der Waals surface area contributed by atoms with E-state index in [2.05, 4.69) is 6.92 Å². The molecular formula is C18H36NNaO3. The van der Waals surface area contributed by atoms with Gasteiger partial charge >= 0.3 is 35.5 Å². The maximum atomic E-state index is 11.8. The molecule has 0 aromatic carbocycles. The summed E-state index contributed by atoms with van der Waals surface area (Å²) in [6, 6.07) is -1.07. The molecular weight excluding hydrogens is 301 g/mol. The molecule has 0 bridgehead atoms. The van der Waals surface area contributed by atoms with Crippen LogP contribution in [0.25, 0.3) is 0 Å².